The molecule has 0 aromatic carbocycles. The van der Waals surface area contributed by atoms with Crippen molar-refractivity contribution in [2.75, 3.05) is 6.54 Å². The second-order valence-electron chi connectivity index (χ2n) is 3.67. The van der Waals surface area contributed by atoms with Crippen LogP contribution in [0, 0.1) is 11.3 Å². The molecule has 1 fully saturated rings. The molecule has 1 saturated heterocycles. The summed E-state index contributed by atoms with van der Waals surface area (Å²) >= 11 is 0. The van der Waals surface area contributed by atoms with Gasteiger partial charge in [0, 0.05) is 6.54 Å². The van der Waals surface area contributed by atoms with E-state index in [2.05, 4.69) is 10.0 Å². The van der Waals surface area contributed by atoms with Crippen LogP contribution in [-0.4, -0.2) is 32.2 Å². The van der Waals surface area contributed by atoms with Crippen molar-refractivity contribution >= 4 is 15.9 Å². The molecule has 0 spiro atoms. The maximum absolute atomic E-state index is 11.7. The monoisotopic (exact) mass is 245 g/mol. The van der Waals surface area contributed by atoms with E-state index >= 15 is 0 Å². The Morgan fingerprint density at radius 3 is 2.88 bits per heavy atom. The molecule has 0 aromatic heterocycles. The molecule has 2 N–H and O–H groups in total. The van der Waals surface area contributed by atoms with Crippen molar-refractivity contribution in [2.24, 2.45) is 0 Å². The molecular formula is C9H15N3O3S. The van der Waals surface area contributed by atoms with Crippen LogP contribution in [0.5, 0.6) is 0 Å². The number of piperidine rings is 1. The summed E-state index contributed by atoms with van der Waals surface area (Å²) in [6.45, 7) is 2.20. The Morgan fingerprint density at radius 1 is 1.69 bits per heavy atom. The van der Waals surface area contributed by atoms with Crippen LogP contribution in [0.2, 0.25) is 0 Å². The zero-order valence-corrected chi connectivity index (χ0v) is 9.88. The molecular weight excluding hydrogens is 230 g/mol. The SMILES string of the molecule is CCC(C#N)S(=O)(=O)NC1CCCNC1=O. The lowest BCUT2D eigenvalue weighted by Gasteiger charge is -2.23. The first-order chi connectivity index (χ1) is 7.51. The van der Waals surface area contributed by atoms with Gasteiger partial charge in [-0.05, 0) is 19.3 Å². The highest BCUT2D eigenvalue weighted by molar-refractivity contribution is 7.90. The van der Waals surface area contributed by atoms with Crippen molar-refractivity contribution in [2.45, 2.75) is 37.5 Å². The predicted octanol–water partition coefficient (Wildman–Crippen LogP) is -0.513. The van der Waals surface area contributed by atoms with E-state index in [4.69, 9.17) is 5.26 Å². The van der Waals surface area contributed by atoms with E-state index in [-0.39, 0.29) is 12.3 Å². The summed E-state index contributed by atoms with van der Waals surface area (Å²) in [6.07, 6.45) is 1.43. The summed E-state index contributed by atoms with van der Waals surface area (Å²) in [5.41, 5.74) is 0. The average Bonchev–Trinajstić information content (AvgIpc) is 2.22. The summed E-state index contributed by atoms with van der Waals surface area (Å²) in [4.78, 5) is 11.4. The fraction of sp³-hybridized carbons (Fsp3) is 0.778. The van der Waals surface area contributed by atoms with Gasteiger partial charge in [-0.2, -0.15) is 5.26 Å². The standard InChI is InChI=1S/C9H15N3O3S/c1-2-7(6-10)16(14,15)12-8-4-3-5-11-9(8)13/h7-8,12H,2-5H2,1H3,(H,11,13). The van der Waals surface area contributed by atoms with Gasteiger partial charge in [-0.15, -0.1) is 0 Å². The Bertz CT molecular complexity index is 399. The molecule has 1 aliphatic rings. The summed E-state index contributed by atoms with van der Waals surface area (Å²) in [6, 6.07) is 0.979. The van der Waals surface area contributed by atoms with E-state index < -0.39 is 21.3 Å². The highest BCUT2D eigenvalue weighted by Gasteiger charge is 2.31. The molecule has 90 valence electrons. The first kappa shape index (κ1) is 12.9. The summed E-state index contributed by atoms with van der Waals surface area (Å²) in [7, 11) is -3.73. The van der Waals surface area contributed by atoms with Gasteiger partial charge in [0.25, 0.3) is 0 Å². The lowest BCUT2D eigenvalue weighted by atomic mass is 10.1. The van der Waals surface area contributed by atoms with Crippen LogP contribution in [0.1, 0.15) is 26.2 Å². The van der Waals surface area contributed by atoms with Gasteiger partial charge in [-0.1, -0.05) is 6.92 Å². The van der Waals surface area contributed by atoms with Crippen LogP contribution in [0.15, 0.2) is 0 Å². The number of carbonyl (C=O) groups excluding carboxylic acids is 1. The van der Waals surface area contributed by atoms with Crippen LogP contribution in [0.4, 0.5) is 0 Å². The first-order valence-corrected chi connectivity index (χ1v) is 6.74. The number of nitriles is 1. The van der Waals surface area contributed by atoms with Crippen molar-refractivity contribution in [1.82, 2.24) is 10.0 Å². The van der Waals surface area contributed by atoms with Crippen LogP contribution in [0.3, 0.4) is 0 Å². The predicted molar refractivity (Wildman–Crippen MR) is 57.8 cm³/mol. The van der Waals surface area contributed by atoms with Crippen LogP contribution < -0.4 is 10.0 Å². The second-order valence-corrected chi connectivity index (χ2v) is 5.57. The lowest BCUT2D eigenvalue weighted by molar-refractivity contribution is -0.124. The average molecular weight is 245 g/mol. The smallest absolute Gasteiger partial charge is 0.238 e. The number of nitrogens with zero attached hydrogens (tertiary/aromatic N) is 1. The molecule has 0 aromatic rings. The van der Waals surface area contributed by atoms with Gasteiger partial charge in [-0.25, -0.2) is 13.1 Å². The van der Waals surface area contributed by atoms with Crippen LogP contribution in [-0.2, 0) is 14.8 Å². The summed E-state index contributed by atoms with van der Waals surface area (Å²) in [5.74, 6) is -0.317. The van der Waals surface area contributed by atoms with Gasteiger partial charge < -0.3 is 5.32 Å². The molecule has 7 heteroatoms. The summed E-state index contributed by atoms with van der Waals surface area (Å²) < 4.78 is 25.7. The van der Waals surface area contributed by atoms with E-state index in [1.165, 1.54) is 0 Å². The molecule has 0 radical (unpaired) electrons. The minimum Gasteiger partial charge on any atom is -0.355 e. The second kappa shape index (κ2) is 5.27. The third kappa shape index (κ3) is 2.93. The molecule has 1 rings (SSSR count). The molecule has 6 nitrogen and oxygen atoms in total. The fourth-order valence-electron chi connectivity index (χ4n) is 1.55. The fourth-order valence-corrected chi connectivity index (χ4v) is 2.91. The highest BCUT2D eigenvalue weighted by Crippen LogP contribution is 2.09. The molecule has 0 bridgehead atoms. The molecule has 1 aliphatic heterocycles. The van der Waals surface area contributed by atoms with E-state index in [9.17, 15) is 13.2 Å². The van der Waals surface area contributed by atoms with Crippen molar-refractivity contribution in [3.63, 3.8) is 0 Å². The number of sulfonamides is 1. The quantitative estimate of drug-likeness (QED) is 0.696. The molecule has 1 heterocycles. The normalized spacial score (nSPS) is 23.2. The Kier molecular flexibility index (Phi) is 4.26. The number of carbonyl (C=O) groups is 1. The first-order valence-electron chi connectivity index (χ1n) is 5.19. The van der Waals surface area contributed by atoms with Gasteiger partial charge in [0.15, 0.2) is 5.25 Å². The number of rotatable bonds is 4. The number of hydrogen-bond acceptors (Lipinski definition) is 4. The minimum absolute atomic E-state index is 0.209. The highest BCUT2D eigenvalue weighted by atomic mass is 32.2. The Morgan fingerprint density at radius 2 is 2.38 bits per heavy atom. The molecule has 0 aliphatic carbocycles. The number of nitrogens with one attached hydrogen (secondary N) is 2. The zero-order valence-electron chi connectivity index (χ0n) is 9.06. The van der Waals surface area contributed by atoms with Crippen molar-refractivity contribution in [3.05, 3.63) is 0 Å². The number of amides is 1. The van der Waals surface area contributed by atoms with Crippen LogP contribution >= 0.6 is 0 Å². The summed E-state index contributed by atoms with van der Waals surface area (Å²) in [5, 5.41) is 10.2. The Labute approximate surface area is 95.1 Å². The Balaban J connectivity index is 2.72. The largest absolute Gasteiger partial charge is 0.355 e. The molecule has 0 saturated carbocycles. The Hall–Kier alpha value is -1.13. The maximum Gasteiger partial charge on any atom is 0.238 e. The van der Waals surface area contributed by atoms with E-state index in [0.717, 1.165) is 6.42 Å². The topological polar surface area (TPSA) is 99.1 Å². The molecule has 2 atom stereocenters. The van der Waals surface area contributed by atoms with Gasteiger partial charge in [0.1, 0.15) is 6.04 Å². The maximum atomic E-state index is 11.7. The van der Waals surface area contributed by atoms with Gasteiger partial charge >= 0.3 is 0 Å². The minimum atomic E-state index is -3.73. The molecule has 2 unspecified atom stereocenters. The third-order valence-corrected chi connectivity index (χ3v) is 4.28. The zero-order chi connectivity index (χ0) is 12.2. The number of hydrogen-bond donors (Lipinski definition) is 2. The van der Waals surface area contributed by atoms with E-state index in [0.29, 0.717) is 13.0 Å². The van der Waals surface area contributed by atoms with E-state index in [1.54, 1.807) is 13.0 Å². The molecule has 1 amide bonds. The lowest BCUT2D eigenvalue weighted by Crippen LogP contribution is -2.51. The van der Waals surface area contributed by atoms with Gasteiger partial charge in [0.05, 0.1) is 6.07 Å². The van der Waals surface area contributed by atoms with Crippen molar-refractivity contribution < 1.29 is 13.2 Å². The van der Waals surface area contributed by atoms with E-state index in [1.807, 2.05) is 0 Å². The van der Waals surface area contributed by atoms with Gasteiger partial charge in [-0.3, -0.25) is 4.79 Å². The van der Waals surface area contributed by atoms with Crippen LogP contribution in [0.25, 0.3) is 0 Å². The van der Waals surface area contributed by atoms with Gasteiger partial charge in [0.2, 0.25) is 15.9 Å². The van der Waals surface area contributed by atoms with Crippen molar-refractivity contribution in [3.8, 4) is 6.07 Å². The van der Waals surface area contributed by atoms with Crippen molar-refractivity contribution in [1.29, 1.82) is 5.26 Å². The molecule has 16 heavy (non-hydrogen) atoms. The third-order valence-electron chi connectivity index (χ3n) is 2.48.